The van der Waals surface area contributed by atoms with E-state index in [1.165, 1.54) is 24.3 Å². The first-order valence-electron chi connectivity index (χ1n) is 9.52. The maximum absolute atomic E-state index is 13.4. The summed E-state index contributed by atoms with van der Waals surface area (Å²) in [5.74, 6) is 0.731. The highest BCUT2D eigenvalue weighted by Gasteiger charge is 2.32. The molecule has 0 unspecified atom stereocenters. The summed E-state index contributed by atoms with van der Waals surface area (Å²) in [4.78, 5) is 0.163. The fraction of sp³-hybridized carbons (Fsp3) is 0.400. The first kappa shape index (κ1) is 20.9. The first-order valence-corrected chi connectivity index (χ1v) is 11.0. The lowest BCUT2D eigenvalue weighted by Crippen LogP contribution is -2.41. The number of sulfonamides is 1. The molecule has 1 aliphatic carbocycles. The normalized spacial score (nSPS) is 15.6. The molecule has 6 nitrogen and oxygen atoms in total. The SMILES string of the molecule is COc1ccc(CN(C2CCCCC2)S(=O)(=O)c2ccc(B(O)O)cc2)cc1. The van der Waals surface area contributed by atoms with Crippen LogP contribution >= 0.6 is 0 Å². The number of ether oxygens (including phenoxy) is 1. The molecule has 0 amide bonds. The standard InChI is InChI=1S/C20H26BNO5S/c1-27-19-11-7-16(8-12-19)15-22(18-5-3-2-4-6-18)28(25,26)20-13-9-17(10-14-20)21(23)24/h7-14,18,23-24H,2-6,15H2,1H3. The lowest BCUT2D eigenvalue weighted by atomic mass is 9.81. The lowest BCUT2D eigenvalue weighted by Gasteiger charge is -2.33. The van der Waals surface area contributed by atoms with Crippen molar-refractivity contribution in [2.24, 2.45) is 0 Å². The maximum Gasteiger partial charge on any atom is 0.488 e. The molecule has 0 bridgehead atoms. The first-order chi connectivity index (χ1) is 13.4. The molecule has 1 saturated carbocycles. The Labute approximate surface area is 167 Å². The third-order valence-electron chi connectivity index (χ3n) is 5.26. The highest BCUT2D eigenvalue weighted by atomic mass is 32.2. The van der Waals surface area contributed by atoms with Crippen molar-refractivity contribution in [3.63, 3.8) is 0 Å². The molecule has 2 aromatic rings. The van der Waals surface area contributed by atoms with Crippen LogP contribution in [0.2, 0.25) is 0 Å². The van der Waals surface area contributed by atoms with Crippen LogP contribution in [-0.4, -0.2) is 43.0 Å². The molecule has 0 saturated heterocycles. The molecule has 0 radical (unpaired) electrons. The van der Waals surface area contributed by atoms with Crippen LogP contribution in [0, 0.1) is 0 Å². The van der Waals surface area contributed by atoms with Gasteiger partial charge in [-0.1, -0.05) is 43.5 Å². The van der Waals surface area contributed by atoms with Crippen molar-refractivity contribution >= 4 is 22.6 Å². The van der Waals surface area contributed by atoms with Gasteiger partial charge in [-0.2, -0.15) is 4.31 Å². The minimum atomic E-state index is -3.72. The molecule has 0 aliphatic heterocycles. The van der Waals surface area contributed by atoms with Gasteiger partial charge in [-0.25, -0.2) is 8.42 Å². The summed E-state index contributed by atoms with van der Waals surface area (Å²) >= 11 is 0. The van der Waals surface area contributed by atoms with Crippen LogP contribution in [0.1, 0.15) is 37.7 Å². The monoisotopic (exact) mass is 403 g/mol. The topological polar surface area (TPSA) is 87.1 Å². The molecule has 1 aliphatic rings. The van der Waals surface area contributed by atoms with Crippen LogP contribution < -0.4 is 10.2 Å². The minimum Gasteiger partial charge on any atom is -0.497 e. The van der Waals surface area contributed by atoms with E-state index < -0.39 is 17.1 Å². The van der Waals surface area contributed by atoms with E-state index in [1.54, 1.807) is 11.4 Å². The van der Waals surface area contributed by atoms with Gasteiger partial charge in [0.1, 0.15) is 5.75 Å². The molecule has 3 rings (SSSR count). The molecule has 0 aromatic heterocycles. The summed E-state index contributed by atoms with van der Waals surface area (Å²) in [6.07, 6.45) is 4.88. The van der Waals surface area contributed by atoms with E-state index in [2.05, 4.69) is 0 Å². The zero-order valence-electron chi connectivity index (χ0n) is 16.0. The van der Waals surface area contributed by atoms with E-state index in [9.17, 15) is 18.5 Å². The van der Waals surface area contributed by atoms with Crippen molar-refractivity contribution in [3.8, 4) is 5.75 Å². The van der Waals surface area contributed by atoms with Gasteiger partial charge in [0.25, 0.3) is 0 Å². The Bertz CT molecular complexity index is 862. The van der Waals surface area contributed by atoms with Gasteiger partial charge in [-0.05, 0) is 48.1 Å². The zero-order valence-corrected chi connectivity index (χ0v) is 16.8. The molecule has 0 heterocycles. The Morgan fingerprint density at radius 3 is 2.14 bits per heavy atom. The van der Waals surface area contributed by atoms with E-state index in [0.717, 1.165) is 43.4 Å². The Kier molecular flexibility index (Phi) is 6.77. The summed E-state index contributed by atoms with van der Waals surface area (Å²) in [6, 6.07) is 13.1. The minimum absolute atomic E-state index is 0.0380. The summed E-state index contributed by atoms with van der Waals surface area (Å²) in [5.41, 5.74) is 1.16. The number of nitrogens with zero attached hydrogens (tertiary/aromatic N) is 1. The largest absolute Gasteiger partial charge is 0.497 e. The average molecular weight is 403 g/mol. The van der Waals surface area contributed by atoms with Crippen LogP contribution in [0.3, 0.4) is 0 Å². The highest BCUT2D eigenvalue weighted by Crippen LogP contribution is 2.29. The quantitative estimate of drug-likeness (QED) is 0.690. The van der Waals surface area contributed by atoms with Crippen molar-refractivity contribution in [1.82, 2.24) is 4.31 Å². The van der Waals surface area contributed by atoms with Crippen molar-refractivity contribution < 1.29 is 23.2 Å². The Balaban J connectivity index is 1.91. The lowest BCUT2D eigenvalue weighted by molar-refractivity contribution is 0.247. The predicted molar refractivity (Wildman–Crippen MR) is 109 cm³/mol. The Hall–Kier alpha value is -1.87. The van der Waals surface area contributed by atoms with Gasteiger partial charge in [0.2, 0.25) is 10.0 Å². The number of hydrogen-bond donors (Lipinski definition) is 2. The van der Waals surface area contributed by atoms with Crippen LogP contribution in [0.5, 0.6) is 5.75 Å². The average Bonchev–Trinajstić information content (AvgIpc) is 2.73. The van der Waals surface area contributed by atoms with Gasteiger partial charge in [0.05, 0.1) is 12.0 Å². The fourth-order valence-corrected chi connectivity index (χ4v) is 5.31. The smallest absolute Gasteiger partial charge is 0.488 e. The summed E-state index contributed by atoms with van der Waals surface area (Å²) < 4.78 is 33.6. The number of rotatable bonds is 7. The van der Waals surface area contributed by atoms with Gasteiger partial charge in [-0.3, -0.25) is 0 Å². The van der Waals surface area contributed by atoms with Crippen LogP contribution in [0.25, 0.3) is 0 Å². The third-order valence-corrected chi connectivity index (χ3v) is 7.18. The van der Waals surface area contributed by atoms with Crippen molar-refractivity contribution in [2.45, 2.75) is 49.6 Å². The number of benzene rings is 2. The van der Waals surface area contributed by atoms with E-state index in [0.29, 0.717) is 6.54 Å². The van der Waals surface area contributed by atoms with Gasteiger partial charge in [0.15, 0.2) is 0 Å². The van der Waals surface area contributed by atoms with Gasteiger partial charge < -0.3 is 14.8 Å². The second-order valence-electron chi connectivity index (χ2n) is 7.13. The summed E-state index contributed by atoms with van der Waals surface area (Å²) in [7, 11) is -3.74. The van der Waals surface area contributed by atoms with Crippen molar-refractivity contribution in [2.75, 3.05) is 7.11 Å². The van der Waals surface area contributed by atoms with Gasteiger partial charge in [-0.15, -0.1) is 0 Å². The molecule has 0 spiro atoms. The second kappa shape index (κ2) is 9.09. The van der Waals surface area contributed by atoms with E-state index in [1.807, 2.05) is 24.3 Å². The van der Waals surface area contributed by atoms with Gasteiger partial charge >= 0.3 is 7.12 Å². The molecular formula is C20H26BNO5S. The molecule has 150 valence electrons. The van der Waals surface area contributed by atoms with E-state index >= 15 is 0 Å². The number of hydrogen-bond acceptors (Lipinski definition) is 5. The third kappa shape index (κ3) is 4.75. The highest BCUT2D eigenvalue weighted by molar-refractivity contribution is 7.89. The van der Waals surface area contributed by atoms with Crippen LogP contribution in [0.4, 0.5) is 0 Å². The van der Waals surface area contributed by atoms with Crippen molar-refractivity contribution in [3.05, 3.63) is 54.1 Å². The zero-order chi connectivity index (χ0) is 20.1. The molecule has 28 heavy (non-hydrogen) atoms. The summed E-state index contributed by atoms with van der Waals surface area (Å²) in [5, 5.41) is 18.5. The second-order valence-corrected chi connectivity index (χ2v) is 9.02. The van der Waals surface area contributed by atoms with Crippen LogP contribution in [0.15, 0.2) is 53.4 Å². The van der Waals surface area contributed by atoms with E-state index in [4.69, 9.17) is 4.74 Å². The van der Waals surface area contributed by atoms with Crippen LogP contribution in [-0.2, 0) is 16.6 Å². The molecule has 0 atom stereocenters. The molecule has 2 N–H and O–H groups in total. The Morgan fingerprint density at radius 2 is 1.61 bits per heavy atom. The molecule has 2 aromatic carbocycles. The van der Waals surface area contributed by atoms with Crippen molar-refractivity contribution in [1.29, 1.82) is 0 Å². The fourth-order valence-electron chi connectivity index (χ4n) is 3.64. The molecule has 1 fully saturated rings. The van der Waals surface area contributed by atoms with Gasteiger partial charge in [0, 0.05) is 12.6 Å². The maximum atomic E-state index is 13.4. The number of methoxy groups -OCH3 is 1. The van der Waals surface area contributed by atoms with E-state index in [-0.39, 0.29) is 16.4 Å². The summed E-state index contributed by atoms with van der Waals surface area (Å²) in [6.45, 7) is 0.293. The molecule has 8 heteroatoms. The predicted octanol–water partition coefficient (Wildman–Crippen LogP) is 1.90. The molecular weight excluding hydrogens is 377 g/mol. The Morgan fingerprint density at radius 1 is 1.00 bits per heavy atom.